The van der Waals surface area contributed by atoms with Crippen molar-refractivity contribution in [2.24, 2.45) is 0 Å². The molecule has 1 aliphatic carbocycles. The van der Waals surface area contributed by atoms with Crippen LogP contribution < -0.4 is 15.0 Å². The maximum Gasteiger partial charge on any atom is 0.174 e. The summed E-state index contributed by atoms with van der Waals surface area (Å²) in [4.78, 5) is 6.97. The Hall–Kier alpha value is -3.64. The summed E-state index contributed by atoms with van der Waals surface area (Å²) in [6.45, 7) is 6.50. The molecule has 4 aromatic rings. The van der Waals surface area contributed by atoms with Gasteiger partial charge in [-0.3, -0.25) is 4.98 Å². The van der Waals surface area contributed by atoms with Crippen LogP contribution in [-0.4, -0.2) is 20.8 Å². The number of hydrogen-bond acceptors (Lipinski definition) is 3. The number of pyridine rings is 1. The van der Waals surface area contributed by atoms with Crippen LogP contribution in [0.2, 0.25) is 0 Å². The maximum atomic E-state index is 6.24. The maximum absolute atomic E-state index is 6.24. The molecule has 0 unspecified atom stereocenters. The van der Waals surface area contributed by atoms with E-state index in [9.17, 15) is 0 Å². The van der Waals surface area contributed by atoms with Gasteiger partial charge in [0.15, 0.2) is 5.11 Å². The van der Waals surface area contributed by atoms with E-state index in [-0.39, 0.29) is 12.1 Å². The third kappa shape index (κ3) is 4.58. The molecule has 0 radical (unpaired) electrons. The molecule has 2 aliphatic rings. The second-order valence-corrected chi connectivity index (χ2v) is 10.9. The zero-order valence-corrected chi connectivity index (χ0v) is 23.0. The molecule has 6 heteroatoms. The Labute approximate surface area is 230 Å². The number of ether oxygens (including phenoxy) is 1. The van der Waals surface area contributed by atoms with E-state index >= 15 is 0 Å². The van der Waals surface area contributed by atoms with Crippen LogP contribution in [0.1, 0.15) is 66.0 Å². The average molecular weight is 523 g/mol. The first-order chi connectivity index (χ1) is 18.5. The van der Waals surface area contributed by atoms with Gasteiger partial charge in [0.05, 0.1) is 23.9 Å². The van der Waals surface area contributed by atoms with Gasteiger partial charge >= 0.3 is 0 Å². The zero-order chi connectivity index (χ0) is 26.2. The van der Waals surface area contributed by atoms with Crippen LogP contribution in [-0.2, 0) is 0 Å². The highest BCUT2D eigenvalue weighted by molar-refractivity contribution is 7.80. The van der Waals surface area contributed by atoms with E-state index in [4.69, 9.17) is 21.9 Å². The van der Waals surface area contributed by atoms with Crippen LogP contribution in [0.4, 0.5) is 5.69 Å². The van der Waals surface area contributed by atoms with E-state index in [1.165, 1.54) is 41.0 Å². The van der Waals surface area contributed by atoms with Gasteiger partial charge in [-0.25, -0.2) is 0 Å². The van der Waals surface area contributed by atoms with Crippen molar-refractivity contribution in [2.45, 2.75) is 64.6 Å². The SMILES string of the molecule is Cc1ccc(-n2c(C)cc([C@H]3[C@H](c4ccccn4)NC(=S)N3c3ccc(OC4CCCC4)cc3)c2C)cc1. The Balaban J connectivity index is 1.41. The van der Waals surface area contributed by atoms with E-state index in [0.717, 1.165) is 30.0 Å². The summed E-state index contributed by atoms with van der Waals surface area (Å²) >= 11 is 5.96. The number of aromatic nitrogens is 2. The van der Waals surface area contributed by atoms with Crippen molar-refractivity contribution in [3.8, 4) is 11.4 Å². The van der Waals surface area contributed by atoms with Gasteiger partial charge in [0.2, 0.25) is 0 Å². The Bertz CT molecular complexity index is 1420. The topological polar surface area (TPSA) is 42.3 Å². The number of nitrogens with zero attached hydrogens (tertiary/aromatic N) is 3. The van der Waals surface area contributed by atoms with Gasteiger partial charge in [0.25, 0.3) is 0 Å². The molecule has 1 saturated heterocycles. The van der Waals surface area contributed by atoms with Crippen molar-refractivity contribution in [3.05, 3.63) is 107 Å². The highest BCUT2D eigenvalue weighted by Crippen LogP contribution is 2.44. The molecule has 2 aromatic carbocycles. The minimum atomic E-state index is -0.0786. The number of thiocarbonyl (C=S) groups is 1. The lowest BCUT2D eigenvalue weighted by Gasteiger charge is -2.28. The van der Waals surface area contributed by atoms with Crippen LogP contribution >= 0.6 is 12.2 Å². The van der Waals surface area contributed by atoms with E-state index < -0.39 is 0 Å². The molecule has 1 N–H and O–H groups in total. The molecule has 194 valence electrons. The standard InChI is InChI=1S/C32H34N4OS/c1-21-11-13-24(14-12-21)35-22(2)20-28(23(35)3)31-30(29-10-6-7-19-33-29)34-32(38)36(31)25-15-17-27(18-16-25)37-26-8-4-5-9-26/h6-7,10-20,26,30-31H,4-5,8-9H2,1-3H3,(H,34,38)/t30-,31-/m0/s1. The van der Waals surface area contributed by atoms with Crippen LogP contribution in [0.5, 0.6) is 5.75 Å². The molecule has 2 atom stereocenters. The number of aryl methyl sites for hydroxylation is 2. The lowest BCUT2D eigenvalue weighted by Crippen LogP contribution is -2.29. The van der Waals surface area contributed by atoms with Crippen molar-refractivity contribution in [1.82, 2.24) is 14.9 Å². The fraction of sp³-hybridized carbons (Fsp3) is 0.312. The summed E-state index contributed by atoms with van der Waals surface area (Å²) in [5.41, 5.74) is 8.07. The van der Waals surface area contributed by atoms with E-state index in [1.807, 2.05) is 18.3 Å². The monoisotopic (exact) mass is 522 g/mol. The van der Waals surface area contributed by atoms with Gasteiger partial charge in [-0.2, -0.15) is 0 Å². The third-order valence-electron chi connectivity index (χ3n) is 7.90. The predicted molar refractivity (Wildman–Crippen MR) is 157 cm³/mol. The third-order valence-corrected chi connectivity index (χ3v) is 8.21. The molecular weight excluding hydrogens is 488 g/mol. The molecule has 2 fully saturated rings. The molecule has 2 aromatic heterocycles. The Morgan fingerprint density at radius 2 is 1.61 bits per heavy atom. The van der Waals surface area contributed by atoms with Crippen molar-refractivity contribution >= 4 is 23.0 Å². The van der Waals surface area contributed by atoms with E-state index in [1.54, 1.807) is 0 Å². The predicted octanol–water partition coefficient (Wildman–Crippen LogP) is 7.30. The number of nitrogens with one attached hydrogen (secondary N) is 1. The van der Waals surface area contributed by atoms with Crippen LogP contribution in [0.15, 0.2) is 79.0 Å². The van der Waals surface area contributed by atoms with Crippen LogP contribution in [0.3, 0.4) is 0 Å². The average Bonchev–Trinajstić information content (AvgIpc) is 3.64. The Kier molecular flexibility index (Phi) is 6.66. The lowest BCUT2D eigenvalue weighted by molar-refractivity contribution is 0.210. The molecule has 1 saturated carbocycles. The second-order valence-electron chi connectivity index (χ2n) is 10.5. The fourth-order valence-electron chi connectivity index (χ4n) is 6.01. The van der Waals surface area contributed by atoms with Crippen LogP contribution in [0.25, 0.3) is 5.69 Å². The molecule has 0 spiro atoms. The summed E-state index contributed by atoms with van der Waals surface area (Å²) in [6.07, 6.45) is 6.99. The summed E-state index contributed by atoms with van der Waals surface area (Å²) in [5.74, 6) is 0.925. The van der Waals surface area contributed by atoms with Crippen molar-refractivity contribution in [3.63, 3.8) is 0 Å². The van der Waals surface area contributed by atoms with Gasteiger partial charge in [0, 0.05) is 29.0 Å². The molecule has 38 heavy (non-hydrogen) atoms. The zero-order valence-electron chi connectivity index (χ0n) is 22.2. The number of hydrogen-bond donors (Lipinski definition) is 1. The highest BCUT2D eigenvalue weighted by Gasteiger charge is 2.42. The summed E-state index contributed by atoms with van der Waals surface area (Å²) in [6, 6.07) is 25.4. The van der Waals surface area contributed by atoms with Crippen molar-refractivity contribution < 1.29 is 4.74 Å². The first kappa shape index (κ1) is 24.7. The largest absolute Gasteiger partial charge is 0.490 e. The van der Waals surface area contributed by atoms with Gasteiger partial charge in [0.1, 0.15) is 5.75 Å². The molecule has 1 aliphatic heterocycles. The minimum Gasteiger partial charge on any atom is -0.490 e. The first-order valence-corrected chi connectivity index (χ1v) is 13.9. The second kappa shape index (κ2) is 10.3. The van der Waals surface area contributed by atoms with Crippen LogP contribution in [0, 0.1) is 20.8 Å². The Morgan fingerprint density at radius 3 is 2.29 bits per heavy atom. The summed E-state index contributed by atoms with van der Waals surface area (Å²) < 4.78 is 8.57. The quantitative estimate of drug-likeness (QED) is 0.269. The molecular formula is C32H34N4OS. The number of anilines is 1. The minimum absolute atomic E-state index is 0.0515. The molecule has 5 nitrogen and oxygen atoms in total. The van der Waals surface area contributed by atoms with E-state index in [2.05, 4.69) is 96.2 Å². The Morgan fingerprint density at radius 1 is 0.895 bits per heavy atom. The van der Waals surface area contributed by atoms with Gasteiger partial charge in [-0.05, 0) is 119 Å². The number of benzene rings is 2. The molecule has 6 rings (SSSR count). The molecule has 0 amide bonds. The number of rotatable bonds is 6. The first-order valence-electron chi connectivity index (χ1n) is 13.5. The van der Waals surface area contributed by atoms with Crippen molar-refractivity contribution in [2.75, 3.05) is 4.90 Å². The lowest BCUT2D eigenvalue weighted by atomic mass is 9.96. The smallest absolute Gasteiger partial charge is 0.174 e. The summed E-state index contributed by atoms with van der Waals surface area (Å²) in [5, 5.41) is 4.30. The highest BCUT2D eigenvalue weighted by atomic mass is 32.1. The molecule has 3 heterocycles. The van der Waals surface area contributed by atoms with Gasteiger partial charge in [-0.15, -0.1) is 0 Å². The molecule has 0 bridgehead atoms. The summed E-state index contributed by atoms with van der Waals surface area (Å²) in [7, 11) is 0. The fourth-order valence-corrected chi connectivity index (χ4v) is 6.36. The van der Waals surface area contributed by atoms with Crippen molar-refractivity contribution in [1.29, 1.82) is 0 Å². The van der Waals surface area contributed by atoms with Gasteiger partial charge in [-0.1, -0.05) is 23.8 Å². The normalized spacial score (nSPS) is 19.7. The van der Waals surface area contributed by atoms with Gasteiger partial charge < -0.3 is 19.5 Å². The van der Waals surface area contributed by atoms with E-state index in [0.29, 0.717) is 11.2 Å².